The number of ether oxygens (including phenoxy) is 1. The van der Waals surface area contributed by atoms with Gasteiger partial charge in [-0.1, -0.05) is 42.5 Å². The van der Waals surface area contributed by atoms with E-state index in [-0.39, 0.29) is 17.9 Å². The fourth-order valence-electron chi connectivity index (χ4n) is 4.40. The van der Waals surface area contributed by atoms with E-state index >= 15 is 0 Å². The van der Waals surface area contributed by atoms with Gasteiger partial charge in [-0.3, -0.25) is 14.7 Å². The monoisotopic (exact) mass is 509 g/mol. The number of fused-ring (bicyclic) bond motifs is 1. The number of H-pyrrole nitrogens is 1. The van der Waals surface area contributed by atoms with Gasteiger partial charge in [0.25, 0.3) is 5.56 Å². The molecule has 0 saturated carbocycles. The van der Waals surface area contributed by atoms with E-state index in [1.54, 1.807) is 18.2 Å². The van der Waals surface area contributed by atoms with Crippen LogP contribution in [0.4, 0.5) is 24.8 Å². The Morgan fingerprint density at radius 1 is 0.919 bits per heavy atom. The maximum absolute atomic E-state index is 12.6. The number of rotatable bonds is 7. The molecule has 0 unspecified atom stereocenters. The molecule has 5 rings (SSSR count). The molecule has 0 radical (unpaired) electrons. The van der Waals surface area contributed by atoms with Crippen molar-refractivity contribution >= 4 is 22.5 Å². The van der Waals surface area contributed by atoms with Crippen molar-refractivity contribution in [1.82, 2.24) is 14.9 Å². The first-order valence-corrected chi connectivity index (χ1v) is 12.0. The van der Waals surface area contributed by atoms with Gasteiger partial charge in [-0.25, -0.2) is 4.98 Å². The number of hydrogen-bond acceptors (Lipinski definition) is 6. The zero-order chi connectivity index (χ0) is 25.8. The van der Waals surface area contributed by atoms with Crippen LogP contribution >= 0.6 is 0 Å². The average molecular weight is 510 g/mol. The van der Waals surface area contributed by atoms with Crippen LogP contribution in [0, 0.1) is 0 Å². The highest BCUT2D eigenvalue weighted by Crippen LogP contribution is 2.27. The molecule has 192 valence electrons. The molecule has 0 spiro atoms. The van der Waals surface area contributed by atoms with Crippen LogP contribution in [0.2, 0.25) is 0 Å². The highest BCUT2D eigenvalue weighted by Gasteiger charge is 2.32. The van der Waals surface area contributed by atoms with Crippen molar-refractivity contribution in [2.75, 3.05) is 36.4 Å². The zero-order valence-corrected chi connectivity index (χ0v) is 20.0. The maximum Gasteiger partial charge on any atom is 0.573 e. The predicted molar refractivity (Wildman–Crippen MR) is 137 cm³/mol. The number of para-hydroxylation sites is 2. The van der Waals surface area contributed by atoms with Gasteiger partial charge in [0.2, 0.25) is 5.95 Å². The zero-order valence-electron chi connectivity index (χ0n) is 20.0. The lowest BCUT2D eigenvalue weighted by Gasteiger charge is -2.35. The standard InChI is InChI=1S/C27H26F3N5O2/c28-27(29,30)37-24-8-4-1-5-20(24)17-31-21-11-9-19(10-12-21)18-34-13-15-35(16-14-34)26-32-23-7-3-2-6-22(23)25(36)33-26/h1-12,31H,13-18H2,(H,32,33,36). The largest absolute Gasteiger partial charge is 0.573 e. The van der Waals surface area contributed by atoms with E-state index in [1.165, 1.54) is 12.1 Å². The molecular formula is C27H26F3N5O2. The molecule has 10 heteroatoms. The van der Waals surface area contributed by atoms with Crippen molar-refractivity contribution in [2.45, 2.75) is 19.5 Å². The SMILES string of the molecule is O=c1[nH]c(N2CCN(Cc3ccc(NCc4ccccc4OC(F)(F)F)cc3)CC2)nc2ccccc12. The van der Waals surface area contributed by atoms with Crippen molar-refractivity contribution in [3.05, 3.63) is 94.3 Å². The molecule has 2 heterocycles. The lowest BCUT2D eigenvalue weighted by atomic mass is 10.1. The van der Waals surface area contributed by atoms with E-state index in [4.69, 9.17) is 0 Å². The molecule has 1 aliphatic rings. The molecule has 1 aliphatic heterocycles. The van der Waals surface area contributed by atoms with Gasteiger partial charge in [-0.05, 0) is 35.9 Å². The molecule has 0 aliphatic carbocycles. The van der Waals surface area contributed by atoms with Crippen molar-refractivity contribution in [1.29, 1.82) is 0 Å². The van der Waals surface area contributed by atoms with Crippen LogP contribution in [-0.4, -0.2) is 47.4 Å². The Balaban J connectivity index is 1.14. The fourth-order valence-corrected chi connectivity index (χ4v) is 4.40. The summed E-state index contributed by atoms with van der Waals surface area (Å²) in [6, 6.07) is 21.3. The summed E-state index contributed by atoms with van der Waals surface area (Å²) in [4.78, 5) is 24.3. The summed E-state index contributed by atoms with van der Waals surface area (Å²) in [6.07, 6.45) is -4.73. The summed E-state index contributed by atoms with van der Waals surface area (Å²) in [7, 11) is 0. The minimum atomic E-state index is -4.73. The lowest BCUT2D eigenvalue weighted by Crippen LogP contribution is -2.46. The van der Waals surface area contributed by atoms with Gasteiger partial charge in [-0.2, -0.15) is 0 Å². The quantitative estimate of drug-likeness (QED) is 0.375. The fraction of sp³-hybridized carbons (Fsp3) is 0.259. The summed E-state index contributed by atoms with van der Waals surface area (Å²) < 4.78 is 42.0. The summed E-state index contributed by atoms with van der Waals surface area (Å²) in [6.45, 7) is 4.14. The summed E-state index contributed by atoms with van der Waals surface area (Å²) in [5, 5.41) is 3.74. The third kappa shape index (κ3) is 6.21. The maximum atomic E-state index is 12.6. The Morgan fingerprint density at radius 3 is 2.38 bits per heavy atom. The number of anilines is 2. The first-order chi connectivity index (χ1) is 17.8. The van der Waals surface area contributed by atoms with E-state index in [0.717, 1.165) is 44.0 Å². The number of aromatic nitrogens is 2. The number of alkyl halides is 3. The van der Waals surface area contributed by atoms with Crippen LogP contribution in [-0.2, 0) is 13.1 Å². The summed E-state index contributed by atoms with van der Waals surface area (Å²) in [5.41, 5.74) is 2.92. The summed E-state index contributed by atoms with van der Waals surface area (Å²) in [5.74, 6) is 0.391. The second-order valence-corrected chi connectivity index (χ2v) is 8.88. The topological polar surface area (TPSA) is 73.5 Å². The molecule has 1 aromatic heterocycles. The highest BCUT2D eigenvalue weighted by atomic mass is 19.4. The number of benzene rings is 3. The third-order valence-electron chi connectivity index (χ3n) is 6.31. The van der Waals surface area contributed by atoms with Crippen molar-refractivity contribution in [2.24, 2.45) is 0 Å². The molecule has 2 N–H and O–H groups in total. The van der Waals surface area contributed by atoms with Crippen molar-refractivity contribution in [3.63, 3.8) is 0 Å². The number of piperazine rings is 1. The second-order valence-electron chi connectivity index (χ2n) is 8.88. The minimum absolute atomic E-state index is 0.131. The molecule has 7 nitrogen and oxygen atoms in total. The first kappa shape index (κ1) is 24.6. The molecular weight excluding hydrogens is 483 g/mol. The van der Waals surface area contributed by atoms with E-state index < -0.39 is 6.36 Å². The van der Waals surface area contributed by atoms with E-state index in [2.05, 4.69) is 29.8 Å². The van der Waals surface area contributed by atoms with Gasteiger partial charge in [0, 0.05) is 50.5 Å². The molecule has 4 aromatic rings. The number of hydrogen-bond donors (Lipinski definition) is 2. The molecule has 0 bridgehead atoms. The number of nitrogens with one attached hydrogen (secondary N) is 2. The first-order valence-electron chi connectivity index (χ1n) is 12.0. The molecule has 1 fully saturated rings. The number of halogens is 3. The lowest BCUT2D eigenvalue weighted by molar-refractivity contribution is -0.274. The van der Waals surface area contributed by atoms with Crippen LogP contribution in [0.5, 0.6) is 5.75 Å². The Bertz CT molecular complexity index is 1410. The van der Waals surface area contributed by atoms with Crippen LogP contribution in [0.1, 0.15) is 11.1 Å². The van der Waals surface area contributed by atoms with Crippen LogP contribution in [0.15, 0.2) is 77.6 Å². The molecule has 0 amide bonds. The second kappa shape index (κ2) is 10.5. The van der Waals surface area contributed by atoms with Gasteiger partial charge in [0.05, 0.1) is 10.9 Å². The van der Waals surface area contributed by atoms with E-state index in [0.29, 0.717) is 22.4 Å². The Morgan fingerprint density at radius 2 is 1.62 bits per heavy atom. The normalized spacial score (nSPS) is 14.6. The number of aromatic amines is 1. The highest BCUT2D eigenvalue weighted by molar-refractivity contribution is 5.78. The van der Waals surface area contributed by atoms with Gasteiger partial charge < -0.3 is 15.0 Å². The van der Waals surface area contributed by atoms with Gasteiger partial charge in [0.1, 0.15) is 5.75 Å². The van der Waals surface area contributed by atoms with Crippen LogP contribution in [0.3, 0.4) is 0 Å². The van der Waals surface area contributed by atoms with Crippen LogP contribution < -0.4 is 20.5 Å². The smallest absolute Gasteiger partial charge is 0.405 e. The Kier molecular flexibility index (Phi) is 7.00. The molecule has 3 aromatic carbocycles. The minimum Gasteiger partial charge on any atom is -0.405 e. The number of nitrogens with zero attached hydrogens (tertiary/aromatic N) is 3. The van der Waals surface area contributed by atoms with Gasteiger partial charge >= 0.3 is 6.36 Å². The Labute approximate surface area is 211 Å². The van der Waals surface area contributed by atoms with Gasteiger partial charge in [0.15, 0.2) is 0 Å². The molecule has 1 saturated heterocycles. The molecule has 0 atom stereocenters. The molecule has 37 heavy (non-hydrogen) atoms. The Hall–Kier alpha value is -4.05. The van der Waals surface area contributed by atoms with E-state index in [9.17, 15) is 18.0 Å². The third-order valence-corrected chi connectivity index (χ3v) is 6.31. The predicted octanol–water partition coefficient (Wildman–Crippen LogP) is 4.76. The van der Waals surface area contributed by atoms with Crippen LogP contribution in [0.25, 0.3) is 10.9 Å². The van der Waals surface area contributed by atoms with E-state index in [1.807, 2.05) is 42.5 Å². The average Bonchev–Trinajstić information content (AvgIpc) is 2.89. The summed E-state index contributed by atoms with van der Waals surface area (Å²) >= 11 is 0. The van der Waals surface area contributed by atoms with Crippen molar-refractivity contribution < 1.29 is 17.9 Å². The van der Waals surface area contributed by atoms with Crippen molar-refractivity contribution in [3.8, 4) is 5.75 Å². The van der Waals surface area contributed by atoms with Gasteiger partial charge in [-0.15, -0.1) is 13.2 Å².